The van der Waals surface area contributed by atoms with Crippen LogP contribution in [0.25, 0.3) is 0 Å². The Morgan fingerprint density at radius 2 is 2.05 bits per heavy atom. The molecule has 1 aromatic heterocycles. The van der Waals surface area contributed by atoms with Gasteiger partial charge in [0.2, 0.25) is 0 Å². The van der Waals surface area contributed by atoms with Crippen LogP contribution in [-0.4, -0.2) is 34.1 Å². The molecule has 0 radical (unpaired) electrons. The number of hydrogen-bond donors (Lipinski definition) is 3. The third-order valence-electron chi connectivity index (χ3n) is 3.41. The smallest absolute Gasteiger partial charge is 0.264 e. The van der Waals surface area contributed by atoms with E-state index >= 15 is 0 Å². The second-order valence-corrected chi connectivity index (χ2v) is 6.39. The predicted molar refractivity (Wildman–Crippen MR) is 81.5 cm³/mol. The number of aromatic amines is 1. The van der Waals surface area contributed by atoms with Crippen molar-refractivity contribution in [3.8, 4) is 0 Å². The van der Waals surface area contributed by atoms with E-state index in [9.17, 15) is 9.59 Å². The molecule has 0 aliphatic heterocycles. The first kappa shape index (κ1) is 17.4. The highest BCUT2D eigenvalue weighted by Crippen LogP contribution is 2.18. The Hall–Kier alpha value is -1.69. The Bertz CT molecular complexity index is 562. The fraction of sp³-hybridized carbons (Fsp3) is 0.667. The molecule has 118 valence electrons. The van der Waals surface area contributed by atoms with Gasteiger partial charge in [0.05, 0.1) is 5.69 Å². The number of aliphatic hydroxyl groups is 1. The van der Waals surface area contributed by atoms with E-state index in [1.807, 2.05) is 27.7 Å². The van der Waals surface area contributed by atoms with Crippen LogP contribution in [-0.2, 0) is 0 Å². The monoisotopic (exact) mass is 295 g/mol. The summed E-state index contributed by atoms with van der Waals surface area (Å²) in [5.41, 5.74) is -0.154. The number of aromatic nitrogens is 2. The zero-order chi connectivity index (χ0) is 16.2. The molecular weight excluding hydrogens is 270 g/mol. The molecule has 0 fully saturated rings. The molecule has 0 saturated carbocycles. The molecule has 0 spiro atoms. The first-order chi connectivity index (χ1) is 9.68. The molecule has 1 amide bonds. The van der Waals surface area contributed by atoms with Gasteiger partial charge in [-0.05, 0) is 18.8 Å². The summed E-state index contributed by atoms with van der Waals surface area (Å²) in [6.07, 6.45) is 0.577. The van der Waals surface area contributed by atoms with Gasteiger partial charge in [0.15, 0.2) is 0 Å². The zero-order valence-corrected chi connectivity index (χ0v) is 13.4. The van der Waals surface area contributed by atoms with Crippen molar-refractivity contribution in [2.45, 2.75) is 47.0 Å². The van der Waals surface area contributed by atoms with Crippen molar-refractivity contribution in [1.29, 1.82) is 0 Å². The lowest BCUT2D eigenvalue weighted by molar-refractivity contribution is 0.0925. The van der Waals surface area contributed by atoms with Crippen LogP contribution < -0.4 is 10.9 Å². The van der Waals surface area contributed by atoms with Crippen LogP contribution in [0.1, 0.15) is 61.9 Å². The van der Waals surface area contributed by atoms with Crippen molar-refractivity contribution < 1.29 is 9.90 Å². The number of hydrogen-bond acceptors (Lipinski definition) is 4. The van der Waals surface area contributed by atoms with Crippen molar-refractivity contribution in [3.63, 3.8) is 0 Å². The van der Waals surface area contributed by atoms with E-state index in [1.54, 1.807) is 6.92 Å². The molecule has 0 unspecified atom stereocenters. The van der Waals surface area contributed by atoms with Crippen molar-refractivity contribution in [3.05, 3.63) is 27.4 Å². The number of nitrogens with one attached hydrogen (secondary N) is 2. The van der Waals surface area contributed by atoms with Gasteiger partial charge in [-0.2, -0.15) is 0 Å². The van der Waals surface area contributed by atoms with Gasteiger partial charge < -0.3 is 15.4 Å². The normalized spacial score (nSPS) is 11.8. The van der Waals surface area contributed by atoms with E-state index < -0.39 is 11.5 Å². The minimum atomic E-state index is -0.428. The third-order valence-corrected chi connectivity index (χ3v) is 3.41. The number of aryl methyl sites for hydroxylation is 1. The summed E-state index contributed by atoms with van der Waals surface area (Å²) >= 11 is 0. The van der Waals surface area contributed by atoms with E-state index in [4.69, 9.17) is 5.11 Å². The minimum Gasteiger partial charge on any atom is -0.396 e. The number of nitrogens with zero attached hydrogens (tertiary/aromatic N) is 1. The molecule has 1 rings (SSSR count). The Labute approximate surface area is 125 Å². The number of amides is 1. The molecule has 0 bridgehead atoms. The van der Waals surface area contributed by atoms with Crippen molar-refractivity contribution in [1.82, 2.24) is 15.3 Å². The molecule has 0 aliphatic rings. The second kappa shape index (κ2) is 6.85. The second-order valence-electron chi connectivity index (χ2n) is 6.39. The molecule has 0 aliphatic carbocycles. The highest BCUT2D eigenvalue weighted by atomic mass is 16.3. The summed E-state index contributed by atoms with van der Waals surface area (Å²) in [4.78, 5) is 31.2. The van der Waals surface area contributed by atoms with E-state index in [-0.39, 0.29) is 23.5 Å². The molecule has 3 N–H and O–H groups in total. The maximum Gasteiger partial charge on any atom is 0.264 e. The van der Waals surface area contributed by atoms with Crippen LogP contribution in [0.2, 0.25) is 0 Å². The standard InChI is InChI=1S/C15H25N3O3/c1-9(2)12-17-10(3)11(14(21)18-12)13(20)16-8-15(4,5)6-7-19/h9,19H,6-8H2,1-5H3,(H,16,20)(H,17,18,21). The van der Waals surface area contributed by atoms with Crippen LogP contribution >= 0.6 is 0 Å². The predicted octanol–water partition coefficient (Wildman–Crippen LogP) is 1.34. The van der Waals surface area contributed by atoms with Crippen molar-refractivity contribution >= 4 is 5.91 Å². The molecule has 21 heavy (non-hydrogen) atoms. The average Bonchev–Trinajstić information content (AvgIpc) is 2.35. The molecular formula is C15H25N3O3. The fourth-order valence-corrected chi connectivity index (χ4v) is 1.95. The van der Waals surface area contributed by atoms with Crippen LogP contribution in [0.5, 0.6) is 0 Å². The van der Waals surface area contributed by atoms with Gasteiger partial charge in [0.1, 0.15) is 11.4 Å². The molecule has 6 heteroatoms. The van der Waals surface area contributed by atoms with Gasteiger partial charge in [-0.3, -0.25) is 9.59 Å². The molecule has 1 heterocycles. The topological polar surface area (TPSA) is 95.1 Å². The van der Waals surface area contributed by atoms with Crippen LogP contribution in [0.4, 0.5) is 0 Å². The van der Waals surface area contributed by atoms with E-state index in [0.717, 1.165) is 0 Å². The fourth-order valence-electron chi connectivity index (χ4n) is 1.95. The zero-order valence-electron chi connectivity index (χ0n) is 13.4. The number of H-pyrrole nitrogens is 1. The molecule has 6 nitrogen and oxygen atoms in total. The summed E-state index contributed by atoms with van der Waals surface area (Å²) < 4.78 is 0. The number of aliphatic hydroxyl groups excluding tert-OH is 1. The summed E-state index contributed by atoms with van der Waals surface area (Å²) in [6.45, 7) is 9.85. The average molecular weight is 295 g/mol. The first-order valence-corrected chi connectivity index (χ1v) is 7.18. The van der Waals surface area contributed by atoms with Gasteiger partial charge in [-0.1, -0.05) is 27.7 Å². The summed E-state index contributed by atoms with van der Waals surface area (Å²) in [5.74, 6) is 0.245. The summed E-state index contributed by atoms with van der Waals surface area (Å²) in [5, 5.41) is 11.7. The van der Waals surface area contributed by atoms with Gasteiger partial charge in [-0.25, -0.2) is 4.98 Å². The Morgan fingerprint density at radius 1 is 1.43 bits per heavy atom. The lowest BCUT2D eigenvalue weighted by Gasteiger charge is -2.23. The van der Waals surface area contributed by atoms with Crippen molar-refractivity contribution in [2.75, 3.05) is 13.2 Å². The molecule has 0 aromatic carbocycles. The van der Waals surface area contributed by atoms with Crippen LogP contribution in [0.15, 0.2) is 4.79 Å². The molecule has 0 saturated heterocycles. The quantitative estimate of drug-likeness (QED) is 0.738. The highest BCUT2D eigenvalue weighted by molar-refractivity contribution is 5.94. The van der Waals surface area contributed by atoms with Gasteiger partial charge >= 0.3 is 0 Å². The van der Waals surface area contributed by atoms with Gasteiger partial charge in [0, 0.05) is 19.1 Å². The minimum absolute atomic E-state index is 0.0548. The van der Waals surface area contributed by atoms with E-state index in [1.165, 1.54) is 0 Å². The van der Waals surface area contributed by atoms with E-state index in [0.29, 0.717) is 24.5 Å². The SMILES string of the molecule is Cc1nc(C(C)C)[nH]c(=O)c1C(=O)NCC(C)(C)CCO. The number of carbonyl (C=O) groups excluding carboxylic acids is 1. The number of rotatable bonds is 6. The van der Waals surface area contributed by atoms with Gasteiger partial charge in [0.25, 0.3) is 11.5 Å². The summed E-state index contributed by atoms with van der Waals surface area (Å²) in [6, 6.07) is 0. The van der Waals surface area contributed by atoms with Crippen molar-refractivity contribution in [2.24, 2.45) is 5.41 Å². The maximum atomic E-state index is 12.2. The van der Waals surface area contributed by atoms with Gasteiger partial charge in [-0.15, -0.1) is 0 Å². The lowest BCUT2D eigenvalue weighted by Crippen LogP contribution is -2.38. The Kier molecular flexibility index (Phi) is 5.66. The largest absolute Gasteiger partial charge is 0.396 e. The number of carbonyl (C=O) groups is 1. The Balaban J connectivity index is 2.91. The maximum absolute atomic E-state index is 12.2. The lowest BCUT2D eigenvalue weighted by atomic mass is 9.89. The van der Waals surface area contributed by atoms with E-state index in [2.05, 4.69) is 15.3 Å². The molecule has 0 atom stereocenters. The Morgan fingerprint density at radius 3 is 2.52 bits per heavy atom. The first-order valence-electron chi connectivity index (χ1n) is 7.18. The van der Waals surface area contributed by atoms with Crippen LogP contribution in [0.3, 0.4) is 0 Å². The van der Waals surface area contributed by atoms with Crippen LogP contribution in [0, 0.1) is 12.3 Å². The molecule has 1 aromatic rings. The third kappa shape index (κ3) is 4.67. The highest BCUT2D eigenvalue weighted by Gasteiger charge is 2.21. The summed E-state index contributed by atoms with van der Waals surface area (Å²) in [7, 11) is 0.